The molecule has 1 saturated carbocycles. The maximum atomic E-state index is 4.53. The lowest BCUT2D eigenvalue weighted by atomic mass is 10.1. The third kappa shape index (κ3) is 2.88. The third-order valence-corrected chi connectivity index (χ3v) is 5.62. The van der Waals surface area contributed by atoms with E-state index in [9.17, 15) is 0 Å². The van der Waals surface area contributed by atoms with E-state index in [1.54, 1.807) is 6.33 Å². The normalized spacial score (nSPS) is 26.8. The molecule has 0 aromatic carbocycles. The molecule has 2 aliphatic rings. The molecule has 4 heteroatoms. The van der Waals surface area contributed by atoms with Crippen molar-refractivity contribution in [3.8, 4) is 0 Å². The lowest BCUT2D eigenvalue weighted by Gasteiger charge is -2.21. The summed E-state index contributed by atoms with van der Waals surface area (Å²) in [7, 11) is 0. The SMILES string of the molecule is CSC1CCCC1Nc1ncnc2c1CCCCC2. The summed E-state index contributed by atoms with van der Waals surface area (Å²) in [5, 5.41) is 4.47. The zero-order valence-corrected chi connectivity index (χ0v) is 12.5. The molecule has 2 atom stereocenters. The maximum absolute atomic E-state index is 4.53. The first-order chi connectivity index (χ1) is 9.38. The number of nitrogens with zero attached hydrogens (tertiary/aromatic N) is 2. The van der Waals surface area contributed by atoms with Crippen LogP contribution in [0.2, 0.25) is 0 Å². The molecule has 3 rings (SSSR count). The molecule has 3 nitrogen and oxygen atoms in total. The first kappa shape index (κ1) is 13.2. The number of aromatic nitrogens is 2. The number of aryl methyl sites for hydroxylation is 1. The van der Waals surface area contributed by atoms with E-state index < -0.39 is 0 Å². The Bertz CT molecular complexity index is 435. The summed E-state index contributed by atoms with van der Waals surface area (Å²) in [6.45, 7) is 0. The average molecular weight is 277 g/mol. The second-order valence-corrected chi connectivity index (χ2v) is 6.74. The van der Waals surface area contributed by atoms with Gasteiger partial charge in [0.2, 0.25) is 0 Å². The van der Waals surface area contributed by atoms with Crippen LogP contribution in [0.1, 0.15) is 49.8 Å². The molecule has 2 unspecified atom stereocenters. The van der Waals surface area contributed by atoms with Gasteiger partial charge in [-0.25, -0.2) is 9.97 Å². The zero-order chi connectivity index (χ0) is 13.1. The Kier molecular flexibility index (Phi) is 4.26. The fourth-order valence-electron chi connectivity index (χ4n) is 3.37. The lowest BCUT2D eigenvalue weighted by Crippen LogP contribution is -2.27. The molecule has 2 aliphatic carbocycles. The molecule has 1 fully saturated rings. The summed E-state index contributed by atoms with van der Waals surface area (Å²) in [5.74, 6) is 1.12. The fraction of sp³-hybridized carbons (Fsp3) is 0.733. The molecule has 1 aromatic heterocycles. The third-order valence-electron chi connectivity index (χ3n) is 4.45. The van der Waals surface area contributed by atoms with Gasteiger partial charge in [0, 0.05) is 22.5 Å². The lowest BCUT2D eigenvalue weighted by molar-refractivity contribution is 0.708. The van der Waals surface area contributed by atoms with E-state index in [0.29, 0.717) is 6.04 Å². The van der Waals surface area contributed by atoms with E-state index in [4.69, 9.17) is 0 Å². The first-order valence-corrected chi connectivity index (χ1v) is 8.79. The Labute approximate surface area is 120 Å². The van der Waals surface area contributed by atoms with Crippen LogP contribution in [0.15, 0.2) is 6.33 Å². The molecule has 1 heterocycles. The molecule has 0 bridgehead atoms. The van der Waals surface area contributed by atoms with E-state index in [1.807, 2.05) is 11.8 Å². The standard InChI is InChI=1S/C15H23N3S/c1-19-14-9-5-8-13(14)18-15-11-6-3-2-4-7-12(11)16-10-17-15/h10,13-14H,2-9H2,1H3,(H,16,17,18). The topological polar surface area (TPSA) is 37.8 Å². The van der Waals surface area contributed by atoms with Gasteiger partial charge >= 0.3 is 0 Å². The van der Waals surface area contributed by atoms with E-state index in [1.165, 1.54) is 49.8 Å². The van der Waals surface area contributed by atoms with Gasteiger partial charge in [-0.3, -0.25) is 0 Å². The Morgan fingerprint density at radius 3 is 2.89 bits per heavy atom. The van der Waals surface area contributed by atoms with Gasteiger partial charge in [-0.1, -0.05) is 12.8 Å². The summed E-state index contributed by atoms with van der Waals surface area (Å²) in [4.78, 5) is 9.03. The van der Waals surface area contributed by atoms with Crippen molar-refractivity contribution in [1.82, 2.24) is 9.97 Å². The number of fused-ring (bicyclic) bond motifs is 1. The van der Waals surface area contributed by atoms with Gasteiger partial charge < -0.3 is 5.32 Å². The van der Waals surface area contributed by atoms with Crippen LogP contribution in [0.25, 0.3) is 0 Å². The van der Waals surface area contributed by atoms with Crippen molar-refractivity contribution in [3.05, 3.63) is 17.6 Å². The highest BCUT2D eigenvalue weighted by molar-refractivity contribution is 7.99. The van der Waals surface area contributed by atoms with E-state index >= 15 is 0 Å². The largest absolute Gasteiger partial charge is 0.366 e. The summed E-state index contributed by atoms with van der Waals surface area (Å²) in [6, 6.07) is 0.595. The molecule has 0 saturated heterocycles. The number of nitrogens with one attached hydrogen (secondary N) is 1. The Balaban J connectivity index is 1.81. The van der Waals surface area contributed by atoms with Crippen LogP contribution in [0.5, 0.6) is 0 Å². The molecular weight excluding hydrogens is 254 g/mol. The van der Waals surface area contributed by atoms with Gasteiger partial charge in [0.1, 0.15) is 12.1 Å². The van der Waals surface area contributed by atoms with Crippen LogP contribution >= 0.6 is 11.8 Å². The first-order valence-electron chi connectivity index (χ1n) is 7.50. The van der Waals surface area contributed by atoms with Gasteiger partial charge in [-0.15, -0.1) is 0 Å². The smallest absolute Gasteiger partial charge is 0.133 e. The second kappa shape index (κ2) is 6.12. The Morgan fingerprint density at radius 2 is 2.00 bits per heavy atom. The molecular formula is C15H23N3S. The summed E-state index contributed by atoms with van der Waals surface area (Å²) in [5.41, 5.74) is 2.68. The van der Waals surface area contributed by atoms with Crippen LogP contribution in [0, 0.1) is 0 Å². The van der Waals surface area contributed by atoms with Crippen molar-refractivity contribution in [1.29, 1.82) is 0 Å². The Hall–Kier alpha value is -0.770. The van der Waals surface area contributed by atoms with E-state index in [-0.39, 0.29) is 0 Å². The van der Waals surface area contributed by atoms with Crippen molar-refractivity contribution in [3.63, 3.8) is 0 Å². The monoisotopic (exact) mass is 277 g/mol. The zero-order valence-electron chi connectivity index (χ0n) is 11.7. The minimum absolute atomic E-state index is 0.595. The number of hydrogen-bond donors (Lipinski definition) is 1. The van der Waals surface area contributed by atoms with Gasteiger partial charge in [0.15, 0.2) is 0 Å². The van der Waals surface area contributed by atoms with Gasteiger partial charge in [0.25, 0.3) is 0 Å². The van der Waals surface area contributed by atoms with Crippen LogP contribution in [0.4, 0.5) is 5.82 Å². The van der Waals surface area contributed by atoms with Gasteiger partial charge in [0.05, 0.1) is 0 Å². The highest BCUT2D eigenvalue weighted by atomic mass is 32.2. The number of thioether (sulfide) groups is 1. The molecule has 19 heavy (non-hydrogen) atoms. The van der Waals surface area contributed by atoms with Crippen molar-refractivity contribution < 1.29 is 0 Å². The number of anilines is 1. The molecule has 0 aliphatic heterocycles. The molecule has 1 aromatic rings. The maximum Gasteiger partial charge on any atom is 0.133 e. The van der Waals surface area contributed by atoms with Gasteiger partial charge in [-0.05, 0) is 44.8 Å². The summed E-state index contributed by atoms with van der Waals surface area (Å²) in [6.07, 6.45) is 14.1. The molecule has 0 spiro atoms. The minimum atomic E-state index is 0.595. The van der Waals surface area contributed by atoms with Crippen LogP contribution in [0.3, 0.4) is 0 Å². The molecule has 104 valence electrons. The molecule has 0 amide bonds. The van der Waals surface area contributed by atoms with Crippen LogP contribution in [-0.4, -0.2) is 27.5 Å². The van der Waals surface area contributed by atoms with Crippen molar-refractivity contribution in [2.24, 2.45) is 0 Å². The summed E-state index contributed by atoms with van der Waals surface area (Å²) < 4.78 is 0. The van der Waals surface area contributed by atoms with Crippen molar-refractivity contribution in [2.45, 2.75) is 62.7 Å². The predicted molar refractivity (Wildman–Crippen MR) is 81.9 cm³/mol. The average Bonchev–Trinajstić information content (AvgIpc) is 2.73. The van der Waals surface area contributed by atoms with Crippen LogP contribution < -0.4 is 5.32 Å². The Morgan fingerprint density at radius 1 is 1.11 bits per heavy atom. The van der Waals surface area contributed by atoms with E-state index in [0.717, 1.165) is 23.9 Å². The quantitative estimate of drug-likeness (QED) is 0.859. The van der Waals surface area contributed by atoms with Crippen molar-refractivity contribution in [2.75, 3.05) is 11.6 Å². The fourth-order valence-corrected chi connectivity index (χ4v) is 4.31. The highest BCUT2D eigenvalue weighted by Gasteiger charge is 2.27. The van der Waals surface area contributed by atoms with Gasteiger partial charge in [-0.2, -0.15) is 11.8 Å². The second-order valence-electron chi connectivity index (χ2n) is 5.66. The van der Waals surface area contributed by atoms with E-state index in [2.05, 4.69) is 21.5 Å². The van der Waals surface area contributed by atoms with Crippen molar-refractivity contribution >= 4 is 17.6 Å². The number of rotatable bonds is 3. The highest BCUT2D eigenvalue weighted by Crippen LogP contribution is 2.32. The minimum Gasteiger partial charge on any atom is -0.366 e. The molecule has 0 radical (unpaired) electrons. The number of hydrogen-bond acceptors (Lipinski definition) is 4. The van der Waals surface area contributed by atoms with Crippen LogP contribution in [-0.2, 0) is 12.8 Å². The summed E-state index contributed by atoms with van der Waals surface area (Å²) >= 11 is 2.00. The predicted octanol–water partition coefficient (Wildman–Crippen LogP) is 3.44. The molecule has 1 N–H and O–H groups in total.